The lowest BCUT2D eigenvalue weighted by molar-refractivity contribution is 0.332. The summed E-state index contributed by atoms with van der Waals surface area (Å²) in [5.74, 6) is 0. The fourth-order valence-corrected chi connectivity index (χ4v) is 3.65. The van der Waals surface area contributed by atoms with Crippen molar-refractivity contribution in [3.63, 3.8) is 0 Å². The van der Waals surface area contributed by atoms with Crippen LogP contribution in [-0.2, 0) is 5.41 Å². The van der Waals surface area contributed by atoms with Gasteiger partial charge in [-0.05, 0) is 30.3 Å². The molecule has 1 N–H and O–H groups in total. The first-order valence-corrected chi connectivity index (χ1v) is 9.22. The van der Waals surface area contributed by atoms with Crippen LogP contribution in [0.3, 0.4) is 0 Å². The van der Waals surface area contributed by atoms with E-state index in [0.29, 0.717) is 0 Å². The first kappa shape index (κ1) is 15.8. The van der Waals surface area contributed by atoms with Crippen molar-refractivity contribution in [2.75, 3.05) is 19.3 Å². The van der Waals surface area contributed by atoms with E-state index >= 15 is 0 Å². The summed E-state index contributed by atoms with van der Waals surface area (Å²) in [4.78, 5) is 10.0. The van der Waals surface area contributed by atoms with Crippen LogP contribution in [0.15, 0.2) is 34.3 Å². The van der Waals surface area contributed by atoms with Gasteiger partial charge in [0.15, 0.2) is 5.66 Å². The second-order valence-electron chi connectivity index (χ2n) is 7.14. The topological polar surface area (TPSA) is 36.8 Å². The number of benzene rings is 1. The lowest BCUT2D eigenvalue weighted by atomic mass is 9.86. The monoisotopic (exact) mass is 315 g/mol. The minimum absolute atomic E-state index is 0.183. The van der Waals surface area contributed by atoms with Crippen LogP contribution < -0.4 is 5.32 Å². The van der Waals surface area contributed by atoms with E-state index in [0.717, 1.165) is 36.7 Å². The number of nitrogens with zero attached hydrogens (tertiary/aromatic N) is 2. The van der Waals surface area contributed by atoms with Crippen molar-refractivity contribution in [3.8, 4) is 0 Å². The summed E-state index contributed by atoms with van der Waals surface area (Å²) < 4.78 is 0. The zero-order chi connectivity index (χ0) is 15.8. The van der Waals surface area contributed by atoms with Gasteiger partial charge in [0.05, 0.1) is 5.71 Å². The molecule has 1 aromatic rings. The number of hydrogen-bond acceptors (Lipinski definition) is 4. The number of hydrogen-bond donors (Lipinski definition) is 1. The van der Waals surface area contributed by atoms with E-state index < -0.39 is 0 Å². The Balaban J connectivity index is 1.93. The van der Waals surface area contributed by atoms with Crippen LogP contribution in [0.25, 0.3) is 0 Å². The maximum absolute atomic E-state index is 5.05. The van der Waals surface area contributed by atoms with E-state index in [1.165, 1.54) is 11.1 Å². The van der Waals surface area contributed by atoms with Crippen molar-refractivity contribution in [1.82, 2.24) is 5.32 Å². The molecule has 0 saturated carbocycles. The summed E-state index contributed by atoms with van der Waals surface area (Å²) in [5.41, 5.74) is 3.60. The Hall–Kier alpha value is -1.13. The minimum atomic E-state index is -0.207. The van der Waals surface area contributed by atoms with E-state index in [2.05, 4.69) is 56.6 Å². The predicted molar refractivity (Wildman–Crippen MR) is 97.5 cm³/mol. The third-order valence-corrected chi connectivity index (χ3v) is 5.13. The van der Waals surface area contributed by atoms with Gasteiger partial charge in [0.1, 0.15) is 5.04 Å². The molecule has 1 saturated heterocycles. The van der Waals surface area contributed by atoms with E-state index in [1.54, 1.807) is 11.8 Å². The number of piperidine rings is 1. The van der Waals surface area contributed by atoms with Gasteiger partial charge < -0.3 is 5.32 Å². The fraction of sp³-hybridized carbons (Fsp3) is 0.556. The van der Waals surface area contributed by atoms with Gasteiger partial charge in [0, 0.05) is 18.4 Å². The Bertz CT molecular complexity index is 602. The van der Waals surface area contributed by atoms with E-state index in [-0.39, 0.29) is 11.1 Å². The first-order chi connectivity index (χ1) is 10.4. The van der Waals surface area contributed by atoms with Gasteiger partial charge in [0.2, 0.25) is 0 Å². The third-order valence-electron chi connectivity index (χ3n) is 4.45. The quantitative estimate of drug-likeness (QED) is 0.859. The molecule has 22 heavy (non-hydrogen) atoms. The zero-order valence-corrected chi connectivity index (χ0v) is 14.8. The molecule has 2 aliphatic heterocycles. The smallest absolute Gasteiger partial charge is 0.154 e. The van der Waals surface area contributed by atoms with Crippen LogP contribution in [0.4, 0.5) is 0 Å². The molecule has 1 fully saturated rings. The molecule has 1 spiro atoms. The standard InChI is InChI=1S/C18H25N3S/c1-17(2,3)14-7-5-13(6-8-14)15-16(22-4)21-18(20-15)9-11-19-12-10-18/h5-8,19H,9-12H2,1-4H3. The van der Waals surface area contributed by atoms with Crippen molar-refractivity contribution >= 4 is 22.5 Å². The molecule has 0 aliphatic carbocycles. The van der Waals surface area contributed by atoms with Crippen LogP contribution in [0.1, 0.15) is 44.7 Å². The third kappa shape index (κ3) is 2.99. The van der Waals surface area contributed by atoms with Crippen LogP contribution in [0.2, 0.25) is 0 Å². The van der Waals surface area contributed by atoms with E-state index in [1.807, 2.05) is 0 Å². The van der Waals surface area contributed by atoms with Gasteiger partial charge in [-0.3, -0.25) is 4.99 Å². The Labute approximate surface area is 137 Å². The first-order valence-electron chi connectivity index (χ1n) is 7.99. The van der Waals surface area contributed by atoms with Crippen molar-refractivity contribution in [3.05, 3.63) is 35.4 Å². The second kappa shape index (κ2) is 5.82. The van der Waals surface area contributed by atoms with E-state index in [9.17, 15) is 0 Å². The average molecular weight is 315 g/mol. The lowest BCUT2D eigenvalue weighted by Crippen LogP contribution is -2.38. The van der Waals surface area contributed by atoms with Crippen molar-refractivity contribution in [2.24, 2.45) is 9.98 Å². The average Bonchev–Trinajstić information content (AvgIpc) is 2.86. The second-order valence-corrected chi connectivity index (χ2v) is 7.94. The molecule has 2 aliphatic rings. The Kier molecular flexibility index (Phi) is 4.17. The maximum Gasteiger partial charge on any atom is 0.154 e. The molecule has 3 nitrogen and oxygen atoms in total. The maximum atomic E-state index is 5.05. The highest BCUT2D eigenvalue weighted by atomic mass is 32.2. The lowest BCUT2D eigenvalue weighted by Gasteiger charge is -2.28. The van der Waals surface area contributed by atoms with Gasteiger partial charge in [0.25, 0.3) is 0 Å². The summed E-state index contributed by atoms with van der Waals surface area (Å²) in [7, 11) is 0. The predicted octanol–water partition coefficient (Wildman–Crippen LogP) is 3.63. The number of nitrogens with one attached hydrogen (secondary N) is 1. The van der Waals surface area contributed by atoms with Crippen molar-refractivity contribution < 1.29 is 0 Å². The van der Waals surface area contributed by atoms with Crippen LogP contribution in [-0.4, -0.2) is 35.8 Å². The molecule has 0 bridgehead atoms. The molecule has 0 atom stereocenters. The fourth-order valence-electron chi connectivity index (χ4n) is 3.03. The number of aliphatic imine (C=N–C) groups is 2. The molecule has 0 radical (unpaired) electrons. The molecule has 1 aromatic carbocycles. The molecule has 118 valence electrons. The van der Waals surface area contributed by atoms with Gasteiger partial charge in [-0.2, -0.15) is 0 Å². The molecular formula is C18H25N3S. The van der Waals surface area contributed by atoms with Gasteiger partial charge >= 0.3 is 0 Å². The van der Waals surface area contributed by atoms with Crippen LogP contribution in [0.5, 0.6) is 0 Å². The summed E-state index contributed by atoms with van der Waals surface area (Å²) in [6, 6.07) is 8.85. The summed E-state index contributed by atoms with van der Waals surface area (Å²) in [6.45, 7) is 8.74. The van der Waals surface area contributed by atoms with Gasteiger partial charge in [-0.1, -0.05) is 45.0 Å². The van der Waals surface area contributed by atoms with Gasteiger partial charge in [-0.25, -0.2) is 4.99 Å². The summed E-state index contributed by atoms with van der Waals surface area (Å²) in [5, 5.41) is 4.49. The zero-order valence-electron chi connectivity index (χ0n) is 13.9. The molecule has 3 rings (SSSR count). The highest BCUT2D eigenvalue weighted by Crippen LogP contribution is 2.33. The Morgan fingerprint density at radius 2 is 1.68 bits per heavy atom. The Morgan fingerprint density at radius 3 is 2.23 bits per heavy atom. The largest absolute Gasteiger partial charge is 0.316 e. The number of rotatable bonds is 1. The minimum Gasteiger partial charge on any atom is -0.316 e. The van der Waals surface area contributed by atoms with E-state index in [4.69, 9.17) is 9.98 Å². The highest BCUT2D eigenvalue weighted by Gasteiger charge is 2.37. The summed E-state index contributed by atoms with van der Waals surface area (Å²) in [6.07, 6.45) is 4.10. The molecule has 0 unspecified atom stereocenters. The highest BCUT2D eigenvalue weighted by molar-refractivity contribution is 8.15. The molecule has 4 heteroatoms. The van der Waals surface area contributed by atoms with Crippen molar-refractivity contribution in [1.29, 1.82) is 0 Å². The van der Waals surface area contributed by atoms with Gasteiger partial charge in [-0.15, -0.1) is 11.8 Å². The Morgan fingerprint density at radius 1 is 1.05 bits per heavy atom. The van der Waals surface area contributed by atoms with Crippen molar-refractivity contribution in [2.45, 2.75) is 44.7 Å². The molecule has 0 aromatic heterocycles. The number of thioether (sulfide) groups is 1. The summed E-state index contributed by atoms with van der Waals surface area (Å²) >= 11 is 1.71. The molecule has 2 heterocycles. The van der Waals surface area contributed by atoms with Crippen LogP contribution in [0, 0.1) is 0 Å². The molecule has 0 amide bonds. The normalized spacial score (nSPS) is 20.9. The SMILES string of the molecule is CSC1=NC2(CCNCC2)N=C1c1ccc(C(C)(C)C)cc1. The molecular weight excluding hydrogens is 290 g/mol. The van der Waals surface area contributed by atoms with Crippen LogP contribution >= 0.6 is 11.8 Å².